The molecular weight excluding hydrogens is 304 g/mol. The maximum absolute atomic E-state index is 10.4. The Morgan fingerprint density at radius 2 is 1.72 bits per heavy atom. The first-order valence-corrected chi connectivity index (χ1v) is 11.3. The van der Waals surface area contributed by atoms with E-state index in [9.17, 15) is 5.11 Å². The van der Waals surface area contributed by atoms with Crippen LogP contribution in [-0.2, 0) is 0 Å². The van der Waals surface area contributed by atoms with Crippen LogP contribution in [0.5, 0.6) is 0 Å². The van der Waals surface area contributed by atoms with Crippen molar-refractivity contribution in [2.24, 2.45) is 40.4 Å². The van der Waals surface area contributed by atoms with Crippen molar-refractivity contribution in [2.45, 2.75) is 98.0 Å². The van der Waals surface area contributed by atoms with Crippen molar-refractivity contribution in [3.63, 3.8) is 0 Å². The van der Waals surface area contributed by atoms with Gasteiger partial charge in [0.1, 0.15) is 0 Å². The van der Waals surface area contributed by atoms with Gasteiger partial charge in [-0.05, 0) is 98.7 Å². The zero-order chi connectivity index (χ0) is 18.2. The predicted molar refractivity (Wildman–Crippen MR) is 107 cm³/mol. The number of aliphatic hydroxyl groups is 1. The lowest BCUT2D eigenvalue weighted by Crippen LogP contribution is -2.53. The van der Waals surface area contributed by atoms with E-state index in [-0.39, 0.29) is 11.5 Å². The fourth-order valence-corrected chi connectivity index (χ4v) is 8.16. The second kappa shape index (κ2) is 7.37. The fourth-order valence-electron chi connectivity index (χ4n) is 8.16. The molecule has 0 aromatic heterocycles. The summed E-state index contributed by atoms with van der Waals surface area (Å²) in [4.78, 5) is 0. The van der Waals surface area contributed by atoms with Crippen LogP contribution in [0.25, 0.3) is 0 Å². The molecule has 25 heavy (non-hydrogen) atoms. The minimum atomic E-state index is -0.170. The molecule has 4 aliphatic carbocycles. The van der Waals surface area contributed by atoms with Gasteiger partial charge in [-0.2, -0.15) is 0 Å². The zero-order valence-electron chi connectivity index (χ0n) is 17.3. The van der Waals surface area contributed by atoms with Gasteiger partial charge in [0.05, 0.1) is 6.10 Å². The molecule has 0 amide bonds. The number of rotatable bonds is 2. The topological polar surface area (TPSA) is 20.2 Å². The van der Waals surface area contributed by atoms with Crippen LogP contribution in [0.4, 0.5) is 0 Å². The van der Waals surface area contributed by atoms with Gasteiger partial charge >= 0.3 is 0 Å². The van der Waals surface area contributed by atoms with Crippen LogP contribution in [0.2, 0.25) is 0 Å². The SMILES string of the molecule is C=CC12CCC3C(CCC4CCCCC43C)C1CCC2C(C)O.CC. The van der Waals surface area contributed by atoms with Crippen LogP contribution in [0.15, 0.2) is 12.7 Å². The largest absolute Gasteiger partial charge is 0.393 e. The van der Waals surface area contributed by atoms with Gasteiger partial charge in [0, 0.05) is 0 Å². The molecule has 4 rings (SSSR count). The lowest BCUT2D eigenvalue weighted by molar-refractivity contribution is -0.109. The molecule has 0 aromatic carbocycles. The van der Waals surface area contributed by atoms with E-state index in [2.05, 4.69) is 19.6 Å². The normalized spacial score (nSPS) is 49.7. The van der Waals surface area contributed by atoms with Gasteiger partial charge < -0.3 is 5.11 Å². The fraction of sp³-hybridized carbons (Fsp3) is 0.917. The molecule has 0 radical (unpaired) electrons. The highest BCUT2D eigenvalue weighted by Gasteiger charge is 2.60. The Kier molecular flexibility index (Phi) is 5.74. The smallest absolute Gasteiger partial charge is 0.0548 e. The third-order valence-electron chi connectivity index (χ3n) is 9.20. The molecule has 8 unspecified atom stereocenters. The van der Waals surface area contributed by atoms with Gasteiger partial charge in [0.15, 0.2) is 0 Å². The van der Waals surface area contributed by atoms with Crippen molar-refractivity contribution in [3.8, 4) is 0 Å². The van der Waals surface area contributed by atoms with Gasteiger partial charge in [-0.15, -0.1) is 6.58 Å². The molecule has 144 valence electrons. The molecule has 1 nitrogen and oxygen atoms in total. The van der Waals surface area contributed by atoms with Crippen molar-refractivity contribution in [1.29, 1.82) is 0 Å². The summed E-state index contributed by atoms with van der Waals surface area (Å²) in [6.45, 7) is 12.9. The molecule has 1 heteroatoms. The molecule has 0 heterocycles. The molecule has 4 fully saturated rings. The van der Waals surface area contributed by atoms with Gasteiger partial charge in [0.2, 0.25) is 0 Å². The standard InChI is InChI=1S/C22H36O.C2H6/c1-4-22-14-12-19-17(20(22)11-10-18(22)15(2)23)9-8-16-7-5-6-13-21(16,19)3;1-2/h4,15-20,23H,1,5-14H2,2-3H3;1-2H3. The van der Waals surface area contributed by atoms with Crippen molar-refractivity contribution in [1.82, 2.24) is 0 Å². The Balaban J connectivity index is 0.000000880. The Bertz CT molecular complexity index is 469. The van der Waals surface area contributed by atoms with Crippen LogP contribution >= 0.6 is 0 Å². The molecule has 0 saturated heterocycles. The minimum Gasteiger partial charge on any atom is -0.393 e. The first-order chi connectivity index (χ1) is 12.0. The molecule has 0 bridgehead atoms. The third kappa shape index (κ3) is 2.84. The Hall–Kier alpha value is -0.300. The molecular formula is C24H42O. The summed E-state index contributed by atoms with van der Waals surface area (Å²) in [5.41, 5.74) is 0.866. The van der Waals surface area contributed by atoms with Gasteiger partial charge in [-0.1, -0.05) is 39.7 Å². The molecule has 1 N–H and O–H groups in total. The first-order valence-electron chi connectivity index (χ1n) is 11.3. The summed E-state index contributed by atoms with van der Waals surface area (Å²) >= 11 is 0. The van der Waals surface area contributed by atoms with E-state index in [1.54, 1.807) is 0 Å². The van der Waals surface area contributed by atoms with E-state index < -0.39 is 0 Å². The van der Waals surface area contributed by atoms with Crippen LogP contribution in [0, 0.1) is 40.4 Å². The van der Waals surface area contributed by atoms with Crippen LogP contribution in [0.3, 0.4) is 0 Å². The highest BCUT2D eigenvalue weighted by atomic mass is 16.3. The van der Waals surface area contributed by atoms with E-state index in [0.717, 1.165) is 23.7 Å². The molecule has 0 spiro atoms. The van der Waals surface area contributed by atoms with Crippen LogP contribution in [-0.4, -0.2) is 11.2 Å². The molecule has 4 saturated carbocycles. The Labute approximate surface area is 156 Å². The van der Waals surface area contributed by atoms with Gasteiger partial charge in [-0.25, -0.2) is 0 Å². The summed E-state index contributed by atoms with van der Waals surface area (Å²) in [6, 6.07) is 0. The molecule has 0 aliphatic heterocycles. The van der Waals surface area contributed by atoms with E-state index in [1.807, 2.05) is 20.8 Å². The van der Waals surface area contributed by atoms with E-state index in [0.29, 0.717) is 11.3 Å². The lowest BCUT2D eigenvalue weighted by atomic mass is 9.44. The quantitative estimate of drug-likeness (QED) is 0.558. The second-order valence-corrected chi connectivity index (χ2v) is 9.68. The van der Waals surface area contributed by atoms with Gasteiger partial charge in [-0.3, -0.25) is 0 Å². The van der Waals surface area contributed by atoms with Crippen molar-refractivity contribution in [3.05, 3.63) is 12.7 Å². The monoisotopic (exact) mass is 346 g/mol. The number of allylic oxidation sites excluding steroid dienone is 1. The molecule has 0 aromatic rings. The first kappa shape index (κ1) is 19.5. The predicted octanol–water partition coefficient (Wildman–Crippen LogP) is 6.61. The minimum absolute atomic E-state index is 0.170. The Morgan fingerprint density at radius 1 is 0.960 bits per heavy atom. The molecule has 8 atom stereocenters. The maximum Gasteiger partial charge on any atom is 0.0548 e. The molecule has 4 aliphatic rings. The average Bonchev–Trinajstić information content (AvgIpc) is 3.03. The van der Waals surface area contributed by atoms with Crippen LogP contribution < -0.4 is 0 Å². The zero-order valence-corrected chi connectivity index (χ0v) is 17.3. The van der Waals surface area contributed by atoms with Crippen molar-refractivity contribution >= 4 is 0 Å². The number of hydrogen-bond donors (Lipinski definition) is 1. The lowest BCUT2D eigenvalue weighted by Gasteiger charge is -2.60. The number of hydrogen-bond acceptors (Lipinski definition) is 1. The van der Waals surface area contributed by atoms with Crippen molar-refractivity contribution < 1.29 is 5.11 Å². The summed E-state index contributed by atoms with van der Waals surface area (Å²) in [5.74, 6) is 4.13. The summed E-state index contributed by atoms with van der Waals surface area (Å²) in [7, 11) is 0. The van der Waals surface area contributed by atoms with Gasteiger partial charge in [0.25, 0.3) is 0 Å². The summed E-state index contributed by atoms with van der Waals surface area (Å²) in [5, 5.41) is 10.4. The third-order valence-corrected chi connectivity index (χ3v) is 9.20. The van der Waals surface area contributed by atoms with Crippen molar-refractivity contribution in [2.75, 3.05) is 0 Å². The van der Waals surface area contributed by atoms with E-state index >= 15 is 0 Å². The van der Waals surface area contributed by atoms with Crippen LogP contribution in [0.1, 0.15) is 91.9 Å². The number of fused-ring (bicyclic) bond motifs is 5. The second-order valence-electron chi connectivity index (χ2n) is 9.68. The van der Waals surface area contributed by atoms with E-state index in [4.69, 9.17) is 0 Å². The highest BCUT2D eigenvalue weighted by molar-refractivity contribution is 5.15. The average molecular weight is 347 g/mol. The summed E-state index contributed by atoms with van der Waals surface area (Å²) < 4.78 is 0. The highest BCUT2D eigenvalue weighted by Crippen LogP contribution is 2.68. The maximum atomic E-state index is 10.4. The Morgan fingerprint density at radius 3 is 2.40 bits per heavy atom. The van der Waals surface area contributed by atoms with E-state index in [1.165, 1.54) is 64.2 Å². The summed E-state index contributed by atoms with van der Waals surface area (Å²) in [6.07, 6.45) is 16.2. The number of aliphatic hydroxyl groups excluding tert-OH is 1.